The molecule has 0 heterocycles. The molecule has 0 radical (unpaired) electrons. The van der Waals surface area contributed by atoms with Gasteiger partial charge < -0.3 is 11.1 Å². The van der Waals surface area contributed by atoms with Gasteiger partial charge in [-0.2, -0.15) is 0 Å². The summed E-state index contributed by atoms with van der Waals surface area (Å²) in [5.74, 6) is 8.00. The number of primary amides is 1. The number of hydrazine groups is 1. The molecule has 0 unspecified atom stereocenters. The fourth-order valence-corrected chi connectivity index (χ4v) is 0.664. The molecule has 7 N–H and O–H groups in total. The highest BCUT2D eigenvalue weighted by atomic mass is 16.2. The summed E-state index contributed by atoms with van der Waals surface area (Å²) in [6.07, 6.45) is 0. The van der Waals surface area contributed by atoms with Crippen LogP contribution in [0.3, 0.4) is 0 Å². The van der Waals surface area contributed by atoms with Crippen LogP contribution in [0.2, 0.25) is 0 Å². The average molecular weight is 168 g/mol. The van der Waals surface area contributed by atoms with Crippen LogP contribution in [0.25, 0.3) is 0 Å². The van der Waals surface area contributed by atoms with Gasteiger partial charge >= 0.3 is 6.03 Å². The lowest BCUT2D eigenvalue weighted by atomic mass is 10.3. The Hall–Kier alpha value is -1.59. The molecule has 0 aliphatic rings. The number of benzene rings is 1. The van der Waals surface area contributed by atoms with Gasteiger partial charge in [0.1, 0.15) is 0 Å². The van der Waals surface area contributed by atoms with E-state index < -0.39 is 6.03 Å². The van der Waals surface area contributed by atoms with Crippen LogP contribution in [0.15, 0.2) is 30.3 Å². The van der Waals surface area contributed by atoms with Gasteiger partial charge in [-0.3, -0.25) is 11.7 Å². The lowest BCUT2D eigenvalue weighted by Gasteiger charge is -1.97. The molecular weight excluding hydrogens is 156 g/mol. The van der Waals surface area contributed by atoms with E-state index in [9.17, 15) is 4.79 Å². The van der Waals surface area contributed by atoms with Gasteiger partial charge in [-0.25, -0.2) is 4.79 Å². The molecule has 0 saturated carbocycles. The second kappa shape index (κ2) is 6.14. The van der Waals surface area contributed by atoms with Crippen LogP contribution >= 0.6 is 0 Å². The Morgan fingerprint density at radius 3 is 2.08 bits per heavy atom. The fourth-order valence-electron chi connectivity index (χ4n) is 0.664. The third-order valence-corrected chi connectivity index (χ3v) is 1.04. The molecular formula is C7H12N4O. The molecule has 5 nitrogen and oxygen atoms in total. The molecule has 0 atom stereocenters. The number of para-hydroxylation sites is 1. The second-order valence-electron chi connectivity index (χ2n) is 1.86. The van der Waals surface area contributed by atoms with Crippen molar-refractivity contribution in [3.63, 3.8) is 0 Å². The van der Waals surface area contributed by atoms with Crippen molar-refractivity contribution < 1.29 is 4.79 Å². The van der Waals surface area contributed by atoms with Crippen molar-refractivity contribution in [1.82, 2.24) is 0 Å². The minimum absolute atomic E-state index is 0.536. The van der Waals surface area contributed by atoms with Crippen molar-refractivity contribution >= 4 is 11.7 Å². The first kappa shape index (κ1) is 10.4. The lowest BCUT2D eigenvalue weighted by molar-refractivity contribution is 0.259. The number of nitrogens with one attached hydrogen (secondary N) is 1. The van der Waals surface area contributed by atoms with Crippen LogP contribution in [0, 0.1) is 0 Å². The first-order valence-corrected chi connectivity index (χ1v) is 3.24. The number of amides is 2. The Bertz CT molecular complexity index is 224. The normalized spacial score (nSPS) is 7.83. The predicted octanol–water partition coefficient (Wildman–Crippen LogP) is -0.00400. The van der Waals surface area contributed by atoms with E-state index in [4.69, 9.17) is 5.73 Å². The Morgan fingerprint density at radius 1 is 1.17 bits per heavy atom. The summed E-state index contributed by atoms with van der Waals surface area (Å²) in [4.78, 5) is 10.3. The molecule has 0 aliphatic carbocycles. The van der Waals surface area contributed by atoms with E-state index >= 15 is 0 Å². The van der Waals surface area contributed by atoms with E-state index in [0.717, 1.165) is 5.69 Å². The van der Waals surface area contributed by atoms with Crippen molar-refractivity contribution in [2.24, 2.45) is 17.4 Å². The summed E-state index contributed by atoms with van der Waals surface area (Å²) in [5, 5.41) is 2.44. The van der Waals surface area contributed by atoms with Crippen LogP contribution in [0.5, 0.6) is 0 Å². The largest absolute Gasteiger partial charge is 0.351 e. The molecule has 0 saturated heterocycles. The summed E-state index contributed by atoms with van der Waals surface area (Å²) in [6, 6.07) is 8.52. The zero-order valence-electron chi connectivity index (χ0n) is 6.53. The predicted molar refractivity (Wildman–Crippen MR) is 48.0 cm³/mol. The maximum atomic E-state index is 10.3. The number of nitrogens with two attached hydrogens (primary N) is 3. The van der Waals surface area contributed by atoms with Crippen LogP contribution in [0.1, 0.15) is 0 Å². The summed E-state index contributed by atoms with van der Waals surface area (Å²) >= 11 is 0. The molecule has 0 bridgehead atoms. The van der Waals surface area contributed by atoms with Crippen LogP contribution in [-0.2, 0) is 0 Å². The van der Waals surface area contributed by atoms with E-state index in [1.165, 1.54) is 0 Å². The van der Waals surface area contributed by atoms with Gasteiger partial charge in [-0.05, 0) is 12.1 Å². The molecule has 12 heavy (non-hydrogen) atoms. The highest BCUT2D eigenvalue weighted by Crippen LogP contribution is 2.03. The molecule has 5 heteroatoms. The van der Waals surface area contributed by atoms with Crippen molar-refractivity contribution in [1.29, 1.82) is 0 Å². The molecule has 0 spiro atoms. The Kier molecular flexibility index (Phi) is 5.33. The minimum Gasteiger partial charge on any atom is -0.351 e. The van der Waals surface area contributed by atoms with Crippen LogP contribution in [0.4, 0.5) is 10.5 Å². The standard InChI is InChI=1S/C7H8N2O.H4N2/c8-7(10)9-6-4-2-1-3-5-6;1-2/h1-5H,(H3,8,9,10);1-2H2. The van der Waals surface area contributed by atoms with Gasteiger partial charge in [0.15, 0.2) is 0 Å². The topological polar surface area (TPSA) is 107 Å². The van der Waals surface area contributed by atoms with Gasteiger partial charge in [-0.15, -0.1) is 0 Å². The van der Waals surface area contributed by atoms with Gasteiger partial charge in [-0.1, -0.05) is 18.2 Å². The summed E-state index contributed by atoms with van der Waals surface area (Å²) < 4.78 is 0. The Labute approximate surface area is 70.5 Å². The molecule has 66 valence electrons. The summed E-state index contributed by atoms with van der Waals surface area (Å²) in [5.41, 5.74) is 5.59. The highest BCUT2D eigenvalue weighted by Gasteiger charge is 1.90. The van der Waals surface area contributed by atoms with E-state index in [0.29, 0.717) is 0 Å². The first-order valence-electron chi connectivity index (χ1n) is 3.24. The summed E-state index contributed by atoms with van der Waals surface area (Å²) in [7, 11) is 0. The van der Waals surface area contributed by atoms with Gasteiger partial charge in [0.2, 0.25) is 0 Å². The number of anilines is 1. The Balaban J connectivity index is 0.000000561. The zero-order chi connectivity index (χ0) is 9.40. The van der Waals surface area contributed by atoms with Crippen molar-refractivity contribution in [3.8, 4) is 0 Å². The number of urea groups is 1. The molecule has 0 aliphatic heterocycles. The zero-order valence-corrected chi connectivity index (χ0v) is 6.53. The number of rotatable bonds is 1. The van der Waals surface area contributed by atoms with E-state index in [1.54, 1.807) is 12.1 Å². The number of hydrogen-bond donors (Lipinski definition) is 4. The Morgan fingerprint density at radius 2 is 1.67 bits per heavy atom. The summed E-state index contributed by atoms with van der Waals surface area (Å²) in [6.45, 7) is 0. The SMILES string of the molecule is NC(=O)Nc1ccccc1.NN. The van der Waals surface area contributed by atoms with Crippen LogP contribution < -0.4 is 22.7 Å². The second-order valence-corrected chi connectivity index (χ2v) is 1.86. The molecule has 1 rings (SSSR count). The molecule has 2 amide bonds. The van der Waals surface area contributed by atoms with E-state index in [1.807, 2.05) is 18.2 Å². The maximum absolute atomic E-state index is 10.3. The van der Waals surface area contributed by atoms with Crippen molar-refractivity contribution in [2.75, 3.05) is 5.32 Å². The smallest absolute Gasteiger partial charge is 0.316 e. The first-order chi connectivity index (χ1) is 5.79. The monoisotopic (exact) mass is 168 g/mol. The van der Waals surface area contributed by atoms with E-state index in [-0.39, 0.29) is 0 Å². The van der Waals surface area contributed by atoms with Crippen molar-refractivity contribution in [3.05, 3.63) is 30.3 Å². The quantitative estimate of drug-likeness (QED) is 0.350. The van der Waals surface area contributed by atoms with Gasteiger partial charge in [0, 0.05) is 5.69 Å². The minimum atomic E-state index is -0.536. The number of carbonyl (C=O) groups is 1. The fraction of sp³-hybridized carbons (Fsp3) is 0. The number of carbonyl (C=O) groups excluding carboxylic acids is 1. The van der Waals surface area contributed by atoms with Crippen LogP contribution in [-0.4, -0.2) is 6.03 Å². The maximum Gasteiger partial charge on any atom is 0.316 e. The van der Waals surface area contributed by atoms with Crippen molar-refractivity contribution in [2.45, 2.75) is 0 Å². The highest BCUT2D eigenvalue weighted by molar-refractivity contribution is 5.87. The third kappa shape index (κ3) is 4.26. The lowest BCUT2D eigenvalue weighted by Crippen LogP contribution is -2.18. The third-order valence-electron chi connectivity index (χ3n) is 1.04. The average Bonchev–Trinajstić information content (AvgIpc) is 2.08. The van der Waals surface area contributed by atoms with E-state index in [2.05, 4.69) is 17.0 Å². The van der Waals surface area contributed by atoms with Gasteiger partial charge in [0.25, 0.3) is 0 Å². The molecule has 1 aromatic rings. The molecule has 1 aromatic carbocycles. The molecule has 0 aromatic heterocycles. The molecule has 0 fully saturated rings. The van der Waals surface area contributed by atoms with Gasteiger partial charge in [0.05, 0.1) is 0 Å². The number of hydrogen-bond acceptors (Lipinski definition) is 3.